The molecule has 0 spiro atoms. The average Bonchev–Trinajstić information content (AvgIpc) is 2.39. The lowest BCUT2D eigenvalue weighted by Gasteiger charge is -2.26. The Morgan fingerprint density at radius 3 is 2.67 bits per heavy atom. The predicted molar refractivity (Wildman–Crippen MR) is 71.0 cm³/mol. The van der Waals surface area contributed by atoms with Crippen molar-refractivity contribution in [2.24, 2.45) is 11.7 Å². The molecule has 0 aliphatic heterocycles. The quantitative estimate of drug-likeness (QED) is 0.540. The SMILES string of the molecule is CCCCOC(=O)[C@H](O)[C@@H](N)CC1CCCCC1. The summed E-state index contributed by atoms with van der Waals surface area (Å²) in [6.45, 7) is 2.40. The standard InChI is InChI=1S/C14H27NO3/c1-2-3-9-18-14(17)13(16)12(15)10-11-7-5-4-6-8-11/h11-13,16H,2-10,15H2,1H3/t12-,13+/m0/s1. The fraction of sp³-hybridized carbons (Fsp3) is 0.929. The van der Waals surface area contributed by atoms with Crippen molar-refractivity contribution in [3.63, 3.8) is 0 Å². The number of hydrogen-bond donors (Lipinski definition) is 2. The largest absolute Gasteiger partial charge is 0.464 e. The highest BCUT2D eigenvalue weighted by Gasteiger charge is 2.27. The molecule has 0 radical (unpaired) electrons. The van der Waals surface area contributed by atoms with Crippen molar-refractivity contribution in [1.29, 1.82) is 0 Å². The van der Waals surface area contributed by atoms with Crippen molar-refractivity contribution in [2.75, 3.05) is 6.61 Å². The second kappa shape index (κ2) is 8.48. The van der Waals surface area contributed by atoms with Gasteiger partial charge in [0, 0.05) is 6.04 Å². The van der Waals surface area contributed by atoms with Gasteiger partial charge in [0.2, 0.25) is 0 Å². The van der Waals surface area contributed by atoms with Crippen molar-refractivity contribution in [3.8, 4) is 0 Å². The molecule has 0 aromatic rings. The molecule has 0 bridgehead atoms. The number of carbonyl (C=O) groups is 1. The predicted octanol–water partition coefficient (Wildman–Crippen LogP) is 1.99. The summed E-state index contributed by atoms with van der Waals surface area (Å²) in [4.78, 5) is 11.5. The molecule has 4 heteroatoms. The normalized spacial score (nSPS) is 20.4. The first-order valence-electron chi connectivity index (χ1n) is 7.25. The van der Waals surface area contributed by atoms with Crippen LogP contribution in [0.3, 0.4) is 0 Å². The summed E-state index contributed by atoms with van der Waals surface area (Å²) in [5.74, 6) is -0.00130. The van der Waals surface area contributed by atoms with Crippen molar-refractivity contribution in [2.45, 2.75) is 70.4 Å². The molecule has 0 aromatic carbocycles. The van der Waals surface area contributed by atoms with E-state index in [0.717, 1.165) is 19.3 Å². The van der Waals surface area contributed by atoms with Crippen LogP contribution < -0.4 is 5.73 Å². The second-order valence-corrected chi connectivity index (χ2v) is 5.37. The van der Waals surface area contributed by atoms with Crippen LogP contribution in [0.4, 0.5) is 0 Å². The lowest BCUT2D eigenvalue weighted by Crippen LogP contribution is -2.43. The molecular weight excluding hydrogens is 230 g/mol. The number of aliphatic hydroxyl groups excluding tert-OH is 1. The summed E-state index contributed by atoms with van der Waals surface area (Å²) in [5.41, 5.74) is 5.90. The Bertz CT molecular complexity index is 239. The van der Waals surface area contributed by atoms with Crippen LogP contribution in [0.1, 0.15) is 58.3 Å². The molecule has 0 aromatic heterocycles. The van der Waals surface area contributed by atoms with Gasteiger partial charge in [0.15, 0.2) is 6.10 Å². The van der Waals surface area contributed by atoms with E-state index in [1.165, 1.54) is 32.1 Å². The van der Waals surface area contributed by atoms with E-state index >= 15 is 0 Å². The van der Waals surface area contributed by atoms with E-state index in [-0.39, 0.29) is 0 Å². The topological polar surface area (TPSA) is 72.5 Å². The molecule has 1 aliphatic rings. The van der Waals surface area contributed by atoms with Crippen LogP contribution in [0.5, 0.6) is 0 Å². The number of esters is 1. The van der Waals surface area contributed by atoms with E-state index < -0.39 is 18.1 Å². The number of aliphatic hydroxyl groups is 1. The lowest BCUT2D eigenvalue weighted by molar-refractivity contribution is -0.155. The van der Waals surface area contributed by atoms with Crippen LogP contribution in [0.2, 0.25) is 0 Å². The second-order valence-electron chi connectivity index (χ2n) is 5.37. The first kappa shape index (κ1) is 15.4. The summed E-state index contributed by atoms with van der Waals surface area (Å²) in [6.07, 6.45) is 7.49. The highest BCUT2D eigenvalue weighted by molar-refractivity contribution is 5.75. The van der Waals surface area contributed by atoms with E-state index in [4.69, 9.17) is 10.5 Å². The first-order chi connectivity index (χ1) is 8.65. The Kier molecular flexibility index (Phi) is 7.28. The molecule has 1 fully saturated rings. The molecule has 106 valence electrons. The average molecular weight is 257 g/mol. The molecule has 0 unspecified atom stereocenters. The van der Waals surface area contributed by atoms with Gasteiger partial charge in [0.1, 0.15) is 0 Å². The smallest absolute Gasteiger partial charge is 0.336 e. The Balaban J connectivity index is 2.25. The zero-order valence-corrected chi connectivity index (χ0v) is 11.4. The Hall–Kier alpha value is -0.610. The third-order valence-electron chi connectivity index (χ3n) is 3.72. The Labute approximate surface area is 110 Å². The summed E-state index contributed by atoms with van der Waals surface area (Å²) in [5, 5.41) is 9.82. The van der Waals surface area contributed by atoms with Crippen molar-refractivity contribution < 1.29 is 14.6 Å². The van der Waals surface area contributed by atoms with E-state index in [2.05, 4.69) is 0 Å². The van der Waals surface area contributed by atoms with Crippen LogP contribution in [0.25, 0.3) is 0 Å². The van der Waals surface area contributed by atoms with Gasteiger partial charge in [0.05, 0.1) is 6.61 Å². The van der Waals surface area contributed by atoms with Crippen LogP contribution >= 0.6 is 0 Å². The Morgan fingerprint density at radius 2 is 2.06 bits per heavy atom. The lowest BCUT2D eigenvalue weighted by atomic mass is 9.84. The maximum absolute atomic E-state index is 11.5. The molecule has 18 heavy (non-hydrogen) atoms. The van der Waals surface area contributed by atoms with Gasteiger partial charge in [-0.3, -0.25) is 0 Å². The van der Waals surface area contributed by atoms with Gasteiger partial charge >= 0.3 is 5.97 Å². The first-order valence-corrected chi connectivity index (χ1v) is 7.25. The number of ether oxygens (including phenoxy) is 1. The van der Waals surface area contributed by atoms with E-state index in [1.807, 2.05) is 6.92 Å². The fourth-order valence-corrected chi connectivity index (χ4v) is 2.51. The minimum atomic E-state index is -1.16. The number of nitrogens with two attached hydrogens (primary N) is 1. The molecule has 3 N–H and O–H groups in total. The van der Waals surface area contributed by atoms with Crippen LogP contribution in [0, 0.1) is 5.92 Å². The van der Waals surface area contributed by atoms with Gasteiger partial charge in [-0.15, -0.1) is 0 Å². The summed E-state index contributed by atoms with van der Waals surface area (Å²) in [7, 11) is 0. The third-order valence-corrected chi connectivity index (χ3v) is 3.72. The molecule has 1 rings (SSSR count). The summed E-state index contributed by atoms with van der Waals surface area (Å²) >= 11 is 0. The van der Waals surface area contributed by atoms with E-state index in [0.29, 0.717) is 12.5 Å². The highest BCUT2D eigenvalue weighted by atomic mass is 16.5. The molecule has 0 amide bonds. The Morgan fingerprint density at radius 1 is 1.39 bits per heavy atom. The number of rotatable bonds is 7. The fourth-order valence-electron chi connectivity index (χ4n) is 2.51. The van der Waals surface area contributed by atoms with Crippen molar-refractivity contribution >= 4 is 5.97 Å². The minimum Gasteiger partial charge on any atom is -0.464 e. The molecule has 4 nitrogen and oxygen atoms in total. The van der Waals surface area contributed by atoms with Crippen LogP contribution in [-0.2, 0) is 9.53 Å². The molecule has 0 saturated heterocycles. The zero-order chi connectivity index (χ0) is 13.4. The van der Waals surface area contributed by atoms with Crippen molar-refractivity contribution in [1.82, 2.24) is 0 Å². The number of unbranched alkanes of at least 4 members (excludes halogenated alkanes) is 1. The van der Waals surface area contributed by atoms with Crippen LogP contribution in [0.15, 0.2) is 0 Å². The minimum absolute atomic E-state index is 0.378. The third kappa shape index (κ3) is 5.36. The molecule has 1 saturated carbocycles. The van der Waals surface area contributed by atoms with Gasteiger partial charge in [-0.1, -0.05) is 45.4 Å². The van der Waals surface area contributed by atoms with Gasteiger partial charge in [-0.05, 0) is 18.8 Å². The summed E-state index contributed by atoms with van der Waals surface area (Å²) < 4.78 is 4.99. The highest BCUT2D eigenvalue weighted by Crippen LogP contribution is 2.27. The van der Waals surface area contributed by atoms with E-state index in [9.17, 15) is 9.90 Å². The number of carbonyl (C=O) groups excluding carboxylic acids is 1. The zero-order valence-electron chi connectivity index (χ0n) is 11.4. The maximum atomic E-state index is 11.5. The van der Waals surface area contributed by atoms with Gasteiger partial charge < -0.3 is 15.6 Å². The molecule has 1 aliphatic carbocycles. The van der Waals surface area contributed by atoms with Gasteiger partial charge in [-0.25, -0.2) is 4.79 Å². The summed E-state index contributed by atoms with van der Waals surface area (Å²) in [6, 6.07) is -0.484. The van der Waals surface area contributed by atoms with Crippen molar-refractivity contribution in [3.05, 3.63) is 0 Å². The van der Waals surface area contributed by atoms with Crippen LogP contribution in [-0.4, -0.2) is 29.8 Å². The molecule has 2 atom stereocenters. The molecule has 0 heterocycles. The molecular formula is C14H27NO3. The number of hydrogen-bond acceptors (Lipinski definition) is 4. The van der Waals surface area contributed by atoms with Gasteiger partial charge in [-0.2, -0.15) is 0 Å². The van der Waals surface area contributed by atoms with E-state index in [1.54, 1.807) is 0 Å². The monoisotopic (exact) mass is 257 g/mol. The maximum Gasteiger partial charge on any atom is 0.336 e. The van der Waals surface area contributed by atoms with Gasteiger partial charge in [0.25, 0.3) is 0 Å².